The summed E-state index contributed by atoms with van der Waals surface area (Å²) in [6.07, 6.45) is 1.68. The quantitative estimate of drug-likeness (QED) is 0.576. The van der Waals surface area contributed by atoms with Crippen LogP contribution in [0.1, 0.15) is 19.9 Å². The number of methoxy groups -OCH3 is 1. The molecule has 0 fully saturated rings. The predicted octanol–water partition coefficient (Wildman–Crippen LogP) is 0.714. The average Bonchev–Trinajstić information content (AvgIpc) is 2.75. The maximum absolute atomic E-state index is 11.4. The molecule has 1 amide bonds. The molecule has 0 unspecified atom stereocenters. The van der Waals surface area contributed by atoms with Gasteiger partial charge >= 0.3 is 0 Å². The lowest BCUT2D eigenvalue weighted by atomic mass is 10.4. The molecule has 0 spiro atoms. The molecule has 0 radical (unpaired) electrons. The summed E-state index contributed by atoms with van der Waals surface area (Å²) in [6.45, 7) is 5.16. The van der Waals surface area contributed by atoms with E-state index in [4.69, 9.17) is 4.74 Å². The van der Waals surface area contributed by atoms with Crippen LogP contribution in [0.15, 0.2) is 11.5 Å². The van der Waals surface area contributed by atoms with Crippen LogP contribution in [0.2, 0.25) is 0 Å². The number of rotatable bonds is 7. The number of nitrogens with zero attached hydrogens (tertiary/aromatic N) is 3. The number of thioether (sulfide) groups is 1. The Morgan fingerprint density at radius 2 is 2.41 bits per heavy atom. The number of carbonyl (C=O) groups excluding carboxylic acids is 1. The van der Waals surface area contributed by atoms with Gasteiger partial charge in [0.25, 0.3) is 0 Å². The van der Waals surface area contributed by atoms with Gasteiger partial charge in [-0.15, -0.1) is 10.2 Å². The summed E-state index contributed by atoms with van der Waals surface area (Å²) < 4.78 is 6.78. The molecule has 7 heteroatoms. The van der Waals surface area contributed by atoms with Crippen molar-refractivity contribution in [1.29, 1.82) is 0 Å². The zero-order valence-corrected chi connectivity index (χ0v) is 11.2. The smallest absolute Gasteiger partial charge is 0.230 e. The van der Waals surface area contributed by atoms with E-state index in [9.17, 15) is 4.79 Å². The topological polar surface area (TPSA) is 69.0 Å². The Balaban J connectivity index is 2.34. The summed E-state index contributed by atoms with van der Waals surface area (Å²) in [5, 5.41) is 11.3. The molecule has 1 rings (SSSR count). The van der Waals surface area contributed by atoms with Crippen molar-refractivity contribution < 1.29 is 9.53 Å². The molecule has 0 bridgehead atoms. The second-order valence-electron chi connectivity index (χ2n) is 3.75. The first-order chi connectivity index (χ1) is 8.15. The van der Waals surface area contributed by atoms with Gasteiger partial charge in [0, 0.05) is 19.7 Å². The van der Waals surface area contributed by atoms with Gasteiger partial charge in [-0.1, -0.05) is 11.8 Å². The Hall–Kier alpha value is -1.08. The molecule has 0 aliphatic rings. The third kappa shape index (κ3) is 4.74. The van der Waals surface area contributed by atoms with Crippen LogP contribution >= 0.6 is 11.8 Å². The Morgan fingerprint density at radius 1 is 1.65 bits per heavy atom. The number of aromatic nitrogens is 3. The van der Waals surface area contributed by atoms with Crippen molar-refractivity contribution in [2.75, 3.05) is 26.0 Å². The van der Waals surface area contributed by atoms with Crippen molar-refractivity contribution in [3.63, 3.8) is 0 Å². The molecule has 17 heavy (non-hydrogen) atoms. The molecular weight excluding hydrogens is 240 g/mol. The van der Waals surface area contributed by atoms with E-state index < -0.39 is 0 Å². The van der Waals surface area contributed by atoms with Crippen LogP contribution in [0.5, 0.6) is 0 Å². The lowest BCUT2D eigenvalue weighted by Gasteiger charge is -2.09. The van der Waals surface area contributed by atoms with E-state index in [2.05, 4.69) is 15.5 Å². The van der Waals surface area contributed by atoms with E-state index in [0.29, 0.717) is 24.9 Å². The van der Waals surface area contributed by atoms with E-state index in [0.717, 1.165) is 5.16 Å². The fourth-order valence-electron chi connectivity index (χ4n) is 1.16. The van der Waals surface area contributed by atoms with Gasteiger partial charge in [-0.2, -0.15) is 0 Å². The van der Waals surface area contributed by atoms with Gasteiger partial charge in [-0.3, -0.25) is 4.79 Å². The highest BCUT2D eigenvalue weighted by molar-refractivity contribution is 7.99. The summed E-state index contributed by atoms with van der Waals surface area (Å²) >= 11 is 1.38. The Bertz CT molecular complexity index is 354. The SMILES string of the molecule is COCCNC(=O)CSc1nncn1C(C)C. The normalized spacial score (nSPS) is 10.8. The summed E-state index contributed by atoms with van der Waals surface area (Å²) in [6, 6.07) is 0.295. The number of carbonyl (C=O) groups is 1. The highest BCUT2D eigenvalue weighted by Crippen LogP contribution is 2.18. The lowest BCUT2D eigenvalue weighted by Crippen LogP contribution is -2.28. The average molecular weight is 258 g/mol. The van der Waals surface area contributed by atoms with Crippen LogP contribution in [-0.4, -0.2) is 46.7 Å². The second-order valence-corrected chi connectivity index (χ2v) is 4.69. The van der Waals surface area contributed by atoms with Crippen molar-refractivity contribution in [3.8, 4) is 0 Å². The molecule has 1 N–H and O–H groups in total. The number of hydrogen-bond donors (Lipinski definition) is 1. The second kappa shape index (κ2) is 7.29. The van der Waals surface area contributed by atoms with E-state index in [-0.39, 0.29) is 5.91 Å². The molecule has 0 atom stereocenters. The van der Waals surface area contributed by atoms with Crippen molar-refractivity contribution >= 4 is 17.7 Å². The van der Waals surface area contributed by atoms with Crippen LogP contribution < -0.4 is 5.32 Å². The molecule has 1 aromatic rings. The predicted molar refractivity (Wildman–Crippen MR) is 66.0 cm³/mol. The fraction of sp³-hybridized carbons (Fsp3) is 0.700. The van der Waals surface area contributed by atoms with Gasteiger partial charge in [0.15, 0.2) is 5.16 Å². The number of ether oxygens (including phenoxy) is 1. The van der Waals surface area contributed by atoms with Crippen LogP contribution in [0.3, 0.4) is 0 Å². The number of amides is 1. The summed E-state index contributed by atoms with van der Waals surface area (Å²) in [5.41, 5.74) is 0. The van der Waals surface area contributed by atoms with Crippen molar-refractivity contribution in [3.05, 3.63) is 6.33 Å². The number of hydrogen-bond acceptors (Lipinski definition) is 5. The third-order valence-electron chi connectivity index (χ3n) is 2.06. The highest BCUT2D eigenvalue weighted by Gasteiger charge is 2.10. The van der Waals surface area contributed by atoms with Crippen molar-refractivity contribution in [1.82, 2.24) is 20.1 Å². The van der Waals surface area contributed by atoms with Crippen LogP contribution in [0, 0.1) is 0 Å². The van der Waals surface area contributed by atoms with Crippen LogP contribution in [0.4, 0.5) is 0 Å². The van der Waals surface area contributed by atoms with Gasteiger partial charge in [0.2, 0.25) is 5.91 Å². The maximum Gasteiger partial charge on any atom is 0.230 e. The summed E-state index contributed by atoms with van der Waals surface area (Å²) in [7, 11) is 1.60. The minimum Gasteiger partial charge on any atom is -0.383 e. The van der Waals surface area contributed by atoms with Gasteiger partial charge in [-0.05, 0) is 13.8 Å². The van der Waals surface area contributed by atoms with Crippen LogP contribution in [-0.2, 0) is 9.53 Å². The number of nitrogens with one attached hydrogen (secondary N) is 1. The summed E-state index contributed by atoms with van der Waals surface area (Å²) in [5.74, 6) is 0.320. The van der Waals surface area contributed by atoms with Gasteiger partial charge < -0.3 is 14.6 Å². The first-order valence-electron chi connectivity index (χ1n) is 5.43. The summed E-state index contributed by atoms with van der Waals surface area (Å²) in [4.78, 5) is 11.4. The monoisotopic (exact) mass is 258 g/mol. The van der Waals surface area contributed by atoms with Gasteiger partial charge in [0.05, 0.1) is 12.4 Å². The Labute approximate surface area is 105 Å². The zero-order chi connectivity index (χ0) is 12.7. The highest BCUT2D eigenvalue weighted by atomic mass is 32.2. The molecule has 0 saturated carbocycles. The van der Waals surface area contributed by atoms with Gasteiger partial charge in [0.1, 0.15) is 6.33 Å². The minimum atomic E-state index is -0.0228. The van der Waals surface area contributed by atoms with Crippen molar-refractivity contribution in [2.45, 2.75) is 25.0 Å². The molecular formula is C10H18N4O2S. The largest absolute Gasteiger partial charge is 0.383 e. The first kappa shape index (κ1) is 14.0. The van der Waals surface area contributed by atoms with E-state index in [1.807, 2.05) is 18.4 Å². The van der Waals surface area contributed by atoms with Crippen LogP contribution in [0.25, 0.3) is 0 Å². The molecule has 0 aliphatic carbocycles. The van der Waals surface area contributed by atoms with E-state index in [1.165, 1.54) is 11.8 Å². The minimum absolute atomic E-state index is 0.0228. The Kier molecular flexibility index (Phi) is 5.99. The van der Waals surface area contributed by atoms with E-state index >= 15 is 0 Å². The standard InChI is InChI=1S/C10H18N4O2S/c1-8(2)14-7-12-13-10(14)17-6-9(15)11-4-5-16-3/h7-8H,4-6H2,1-3H3,(H,11,15). The molecule has 1 aromatic heterocycles. The molecule has 1 heterocycles. The molecule has 6 nitrogen and oxygen atoms in total. The molecule has 0 aliphatic heterocycles. The molecule has 0 aromatic carbocycles. The molecule has 0 saturated heterocycles. The van der Waals surface area contributed by atoms with E-state index in [1.54, 1.807) is 13.4 Å². The lowest BCUT2D eigenvalue weighted by molar-refractivity contribution is -0.118. The molecule has 96 valence electrons. The zero-order valence-electron chi connectivity index (χ0n) is 10.3. The van der Waals surface area contributed by atoms with Crippen molar-refractivity contribution in [2.24, 2.45) is 0 Å². The maximum atomic E-state index is 11.4. The third-order valence-corrected chi connectivity index (χ3v) is 3.01. The fourth-order valence-corrected chi connectivity index (χ4v) is 2.04. The van der Waals surface area contributed by atoms with Gasteiger partial charge in [-0.25, -0.2) is 0 Å². The Morgan fingerprint density at radius 3 is 3.06 bits per heavy atom. The first-order valence-corrected chi connectivity index (χ1v) is 6.41.